The van der Waals surface area contributed by atoms with Gasteiger partial charge in [-0.15, -0.1) is 12.4 Å². The Bertz CT molecular complexity index is 71.4. The fraction of sp³-hybridized carbons (Fsp3) is 1.00. The maximum Gasteiger partial charge on any atom is 0.119 e. The van der Waals surface area contributed by atoms with Crippen LogP contribution in [0.15, 0.2) is 0 Å². The Hall–Kier alpha value is 0.170. The molecule has 56 valence electrons. The molecule has 0 aliphatic carbocycles. The quantitative estimate of drug-likeness (QED) is 0.484. The number of rotatable bonds is 0. The van der Waals surface area contributed by atoms with Crippen molar-refractivity contribution >= 4 is 12.4 Å². The molecule has 1 rings (SSSR count). The summed E-state index contributed by atoms with van der Waals surface area (Å²) in [5.41, 5.74) is 0. The molecule has 1 unspecified atom stereocenters. The molecule has 0 spiro atoms. The lowest BCUT2D eigenvalue weighted by molar-refractivity contribution is -0.0244. The van der Waals surface area contributed by atoms with Crippen LogP contribution in [0.1, 0.15) is 19.3 Å². The van der Waals surface area contributed by atoms with E-state index in [9.17, 15) is 0 Å². The molecule has 9 heavy (non-hydrogen) atoms. The second-order valence-corrected chi connectivity index (χ2v) is 2.21. The van der Waals surface area contributed by atoms with Crippen molar-refractivity contribution < 1.29 is 5.11 Å². The van der Waals surface area contributed by atoms with Gasteiger partial charge in [-0.05, 0) is 19.3 Å². The first kappa shape index (κ1) is 9.17. The van der Waals surface area contributed by atoms with Gasteiger partial charge >= 0.3 is 0 Å². The molecule has 1 fully saturated rings. The molecular weight excluding hydrogens is 140 g/mol. The van der Waals surface area contributed by atoms with E-state index in [4.69, 9.17) is 10.9 Å². The van der Waals surface area contributed by atoms with Crippen molar-refractivity contribution in [1.29, 1.82) is 0 Å². The number of hydrogen-bond donors (Lipinski definition) is 2. The molecular formula is C5H13ClN2O. The average molecular weight is 153 g/mol. The van der Waals surface area contributed by atoms with E-state index in [0.717, 1.165) is 25.8 Å². The molecule has 1 atom stereocenters. The molecule has 0 aromatic carbocycles. The van der Waals surface area contributed by atoms with E-state index in [1.54, 1.807) is 0 Å². The predicted octanol–water partition coefficient (Wildman–Crippen LogP) is 0.0862. The first-order valence-electron chi connectivity index (χ1n) is 3.00. The minimum Gasteiger partial charge on any atom is -0.377 e. The third kappa shape index (κ3) is 2.49. The predicted molar refractivity (Wildman–Crippen MR) is 38.0 cm³/mol. The van der Waals surface area contributed by atoms with E-state index in [2.05, 4.69) is 0 Å². The van der Waals surface area contributed by atoms with E-state index in [-0.39, 0.29) is 18.6 Å². The average Bonchev–Trinajstić information content (AvgIpc) is 1.77. The summed E-state index contributed by atoms with van der Waals surface area (Å²) in [5, 5.41) is 10.5. The zero-order valence-electron chi connectivity index (χ0n) is 5.29. The fourth-order valence-electron chi connectivity index (χ4n) is 0.936. The van der Waals surface area contributed by atoms with Crippen LogP contribution in [0.5, 0.6) is 0 Å². The monoisotopic (exact) mass is 152 g/mol. The number of aliphatic hydroxyl groups excluding tert-OH is 1. The highest BCUT2D eigenvalue weighted by atomic mass is 35.5. The van der Waals surface area contributed by atoms with Gasteiger partial charge in [-0.25, -0.2) is 5.01 Å². The number of nitrogens with zero attached hydrogens (tertiary/aromatic N) is 1. The third-order valence-corrected chi connectivity index (χ3v) is 1.51. The van der Waals surface area contributed by atoms with Crippen LogP contribution in [0.2, 0.25) is 0 Å². The van der Waals surface area contributed by atoms with Crippen molar-refractivity contribution in [2.75, 3.05) is 6.54 Å². The molecule has 1 aliphatic heterocycles. The SMILES string of the molecule is Cl.NN1CCCCC1O. The molecule has 3 N–H and O–H groups in total. The number of aliphatic hydroxyl groups is 1. The summed E-state index contributed by atoms with van der Waals surface area (Å²) in [5.74, 6) is 5.36. The van der Waals surface area contributed by atoms with Crippen molar-refractivity contribution in [3.8, 4) is 0 Å². The van der Waals surface area contributed by atoms with Gasteiger partial charge in [-0.2, -0.15) is 0 Å². The van der Waals surface area contributed by atoms with Gasteiger partial charge < -0.3 is 5.11 Å². The lowest BCUT2D eigenvalue weighted by Crippen LogP contribution is -2.44. The first-order valence-corrected chi connectivity index (χ1v) is 3.00. The molecule has 0 aromatic heterocycles. The summed E-state index contributed by atoms with van der Waals surface area (Å²) in [4.78, 5) is 0. The Kier molecular flexibility index (Phi) is 4.14. The Morgan fingerprint density at radius 2 is 2.11 bits per heavy atom. The second-order valence-electron chi connectivity index (χ2n) is 2.21. The first-order chi connectivity index (χ1) is 3.80. The molecule has 0 saturated carbocycles. The van der Waals surface area contributed by atoms with Gasteiger partial charge in [0.1, 0.15) is 6.23 Å². The van der Waals surface area contributed by atoms with Gasteiger partial charge in [0, 0.05) is 6.54 Å². The molecule has 3 nitrogen and oxygen atoms in total. The van der Waals surface area contributed by atoms with E-state index in [1.165, 1.54) is 5.01 Å². The molecule has 1 saturated heterocycles. The van der Waals surface area contributed by atoms with Crippen molar-refractivity contribution in [1.82, 2.24) is 5.01 Å². The van der Waals surface area contributed by atoms with Gasteiger partial charge in [-0.3, -0.25) is 5.84 Å². The minimum atomic E-state index is -0.385. The van der Waals surface area contributed by atoms with Gasteiger partial charge in [-0.1, -0.05) is 0 Å². The topological polar surface area (TPSA) is 49.5 Å². The van der Waals surface area contributed by atoms with Crippen LogP contribution in [0.25, 0.3) is 0 Å². The number of nitrogens with two attached hydrogens (primary N) is 1. The smallest absolute Gasteiger partial charge is 0.119 e. The van der Waals surface area contributed by atoms with Crippen molar-refractivity contribution in [2.45, 2.75) is 25.5 Å². The standard InChI is InChI=1S/C5H12N2O.ClH/c6-7-4-2-1-3-5(7)8;/h5,8H,1-4,6H2;1H. The molecule has 0 aromatic rings. The van der Waals surface area contributed by atoms with Crippen LogP contribution in [0.3, 0.4) is 0 Å². The Morgan fingerprint density at radius 1 is 1.44 bits per heavy atom. The summed E-state index contributed by atoms with van der Waals surface area (Å²) >= 11 is 0. The fourth-order valence-corrected chi connectivity index (χ4v) is 0.936. The molecule has 4 heteroatoms. The lowest BCUT2D eigenvalue weighted by atomic mass is 10.1. The van der Waals surface area contributed by atoms with Crippen LogP contribution in [0, 0.1) is 0 Å². The summed E-state index contributed by atoms with van der Waals surface area (Å²) in [6.45, 7) is 0.834. The maximum atomic E-state index is 8.98. The van der Waals surface area contributed by atoms with Gasteiger partial charge in [0.05, 0.1) is 0 Å². The normalized spacial score (nSPS) is 29.3. The van der Waals surface area contributed by atoms with Crippen LogP contribution in [-0.4, -0.2) is 22.9 Å². The Labute approximate surface area is 61.2 Å². The highest BCUT2D eigenvalue weighted by Gasteiger charge is 2.14. The van der Waals surface area contributed by atoms with Crippen LogP contribution in [-0.2, 0) is 0 Å². The zero-order valence-corrected chi connectivity index (χ0v) is 6.10. The molecule has 0 radical (unpaired) electrons. The summed E-state index contributed by atoms with van der Waals surface area (Å²) < 4.78 is 0. The number of hydrazine groups is 1. The molecule has 1 aliphatic rings. The van der Waals surface area contributed by atoms with Crippen LogP contribution < -0.4 is 5.84 Å². The summed E-state index contributed by atoms with van der Waals surface area (Å²) in [7, 11) is 0. The largest absolute Gasteiger partial charge is 0.377 e. The third-order valence-electron chi connectivity index (χ3n) is 1.51. The van der Waals surface area contributed by atoms with E-state index in [1.807, 2.05) is 0 Å². The molecule has 0 bridgehead atoms. The van der Waals surface area contributed by atoms with Crippen LogP contribution in [0.4, 0.5) is 0 Å². The summed E-state index contributed by atoms with van der Waals surface area (Å²) in [6, 6.07) is 0. The number of hydrogen-bond acceptors (Lipinski definition) is 3. The Balaban J connectivity index is 0.000000640. The van der Waals surface area contributed by atoms with E-state index in [0.29, 0.717) is 0 Å². The Morgan fingerprint density at radius 3 is 2.44 bits per heavy atom. The highest BCUT2D eigenvalue weighted by molar-refractivity contribution is 5.85. The minimum absolute atomic E-state index is 0. The van der Waals surface area contributed by atoms with Gasteiger partial charge in [0.15, 0.2) is 0 Å². The molecule has 0 amide bonds. The van der Waals surface area contributed by atoms with E-state index >= 15 is 0 Å². The number of halogens is 1. The number of piperidine rings is 1. The maximum absolute atomic E-state index is 8.98. The van der Waals surface area contributed by atoms with Crippen molar-refractivity contribution in [3.05, 3.63) is 0 Å². The summed E-state index contributed by atoms with van der Waals surface area (Å²) in [6.07, 6.45) is 2.67. The van der Waals surface area contributed by atoms with E-state index < -0.39 is 0 Å². The van der Waals surface area contributed by atoms with Gasteiger partial charge in [0.2, 0.25) is 0 Å². The van der Waals surface area contributed by atoms with Crippen LogP contribution >= 0.6 is 12.4 Å². The van der Waals surface area contributed by atoms with Crippen molar-refractivity contribution in [3.63, 3.8) is 0 Å². The highest BCUT2D eigenvalue weighted by Crippen LogP contribution is 2.09. The zero-order chi connectivity index (χ0) is 5.98. The molecule has 1 heterocycles. The lowest BCUT2D eigenvalue weighted by Gasteiger charge is -2.26. The second kappa shape index (κ2) is 4.06. The van der Waals surface area contributed by atoms with Gasteiger partial charge in [0.25, 0.3) is 0 Å². The van der Waals surface area contributed by atoms with Crippen molar-refractivity contribution in [2.24, 2.45) is 5.84 Å².